The molecule has 0 atom stereocenters. The molecule has 0 saturated carbocycles. The molecular weight excluding hydrogens is 458 g/mol. The summed E-state index contributed by atoms with van der Waals surface area (Å²) in [6.07, 6.45) is 3.00. The van der Waals surface area contributed by atoms with Crippen LogP contribution >= 0.6 is 22.9 Å². The normalized spacial score (nSPS) is 13.0. The fourth-order valence-corrected chi connectivity index (χ4v) is 3.41. The summed E-state index contributed by atoms with van der Waals surface area (Å²) in [7, 11) is 3.00. The van der Waals surface area contributed by atoms with Gasteiger partial charge >= 0.3 is 0 Å². The van der Waals surface area contributed by atoms with Crippen molar-refractivity contribution >= 4 is 34.0 Å². The predicted molar refractivity (Wildman–Crippen MR) is 120 cm³/mol. The highest BCUT2D eigenvalue weighted by Gasteiger charge is 2.19. The average molecular weight is 480 g/mol. The highest BCUT2D eigenvalue weighted by atomic mass is 35.5. The van der Waals surface area contributed by atoms with Gasteiger partial charge in [0.1, 0.15) is 10.9 Å². The topological polar surface area (TPSA) is 118 Å². The molecule has 4 rings (SSSR count). The van der Waals surface area contributed by atoms with E-state index < -0.39 is 0 Å². The Morgan fingerprint density at radius 2 is 1.75 bits per heavy atom. The minimum absolute atomic E-state index is 0.287. The molecule has 3 aromatic heterocycles. The number of pyridine rings is 2. The average Bonchev–Trinajstić information content (AvgIpc) is 3.28. The molecule has 0 bridgehead atoms. The third-order valence-electron chi connectivity index (χ3n) is 4.17. The highest BCUT2D eigenvalue weighted by Crippen LogP contribution is 2.34. The van der Waals surface area contributed by atoms with E-state index in [1.54, 1.807) is 12.1 Å². The largest absolute Gasteiger partial charge is 0.494 e. The first-order chi connectivity index (χ1) is 15.5. The number of carbonyl (C=O) groups excluding carboxylic acids is 1. The maximum atomic E-state index is 12.8. The van der Waals surface area contributed by atoms with Crippen LogP contribution in [0.5, 0.6) is 10.9 Å². The fourth-order valence-electron chi connectivity index (χ4n) is 2.70. The summed E-state index contributed by atoms with van der Waals surface area (Å²) in [4.78, 5) is 21.0. The van der Waals surface area contributed by atoms with Crippen molar-refractivity contribution in [2.75, 3.05) is 46.0 Å². The molecule has 0 spiro atoms. The number of aryl methyl sites for hydroxylation is 1. The van der Waals surface area contributed by atoms with Gasteiger partial charge in [0.15, 0.2) is 0 Å². The lowest BCUT2D eigenvalue weighted by Crippen LogP contribution is -2.16. The van der Waals surface area contributed by atoms with Gasteiger partial charge in [0.05, 0.1) is 52.4 Å². The first-order valence-corrected chi connectivity index (χ1v) is 10.7. The Balaban J connectivity index is 0.000000416. The van der Waals surface area contributed by atoms with E-state index in [1.807, 2.05) is 6.92 Å². The second-order valence-electron chi connectivity index (χ2n) is 6.33. The van der Waals surface area contributed by atoms with Crippen molar-refractivity contribution in [1.82, 2.24) is 20.2 Å². The van der Waals surface area contributed by atoms with E-state index in [2.05, 4.69) is 25.5 Å². The van der Waals surface area contributed by atoms with Gasteiger partial charge in [-0.2, -0.15) is 0 Å². The van der Waals surface area contributed by atoms with Crippen molar-refractivity contribution in [3.05, 3.63) is 40.9 Å². The number of halogens is 1. The van der Waals surface area contributed by atoms with Crippen LogP contribution in [0, 0.1) is 6.92 Å². The zero-order chi connectivity index (χ0) is 22.9. The molecule has 0 aromatic carbocycles. The van der Waals surface area contributed by atoms with E-state index in [9.17, 15) is 4.79 Å². The van der Waals surface area contributed by atoms with Crippen LogP contribution in [-0.2, 0) is 9.47 Å². The van der Waals surface area contributed by atoms with Crippen LogP contribution in [-0.4, -0.2) is 66.7 Å². The maximum Gasteiger partial charge on any atom is 0.295 e. The summed E-state index contributed by atoms with van der Waals surface area (Å²) >= 11 is 7.15. The van der Waals surface area contributed by atoms with Crippen LogP contribution in [0.3, 0.4) is 0 Å². The van der Waals surface area contributed by atoms with Crippen molar-refractivity contribution in [3.8, 4) is 22.1 Å². The third kappa shape index (κ3) is 6.33. The standard InChI is InChI=1S/C16H14ClN5O3S.C4H8O2/c1-8-4-9(10-5-13(17)19-7-12(10)24-2)11(6-18-8)14(23)20-15-21-22-16(25-3)26-15;1-2-6-4-3-5-1/h4-7H,1-3H3,(H,20,21,23);1-4H2. The molecule has 1 N–H and O–H groups in total. The lowest BCUT2D eigenvalue weighted by Gasteiger charge is -2.13. The van der Waals surface area contributed by atoms with Gasteiger partial charge in [0.25, 0.3) is 11.1 Å². The Labute approximate surface area is 193 Å². The number of carbonyl (C=O) groups is 1. The molecule has 32 heavy (non-hydrogen) atoms. The molecule has 1 aliphatic heterocycles. The van der Waals surface area contributed by atoms with Crippen LogP contribution in [0.1, 0.15) is 16.1 Å². The van der Waals surface area contributed by atoms with Gasteiger partial charge < -0.3 is 18.9 Å². The number of amides is 1. The highest BCUT2D eigenvalue weighted by molar-refractivity contribution is 7.17. The number of aromatic nitrogens is 4. The minimum atomic E-state index is -0.388. The number of nitrogens with zero attached hydrogens (tertiary/aromatic N) is 4. The molecule has 4 heterocycles. The van der Waals surface area contributed by atoms with Gasteiger partial charge in [-0.15, -0.1) is 5.10 Å². The Morgan fingerprint density at radius 3 is 2.34 bits per heavy atom. The van der Waals surface area contributed by atoms with E-state index >= 15 is 0 Å². The van der Waals surface area contributed by atoms with E-state index in [1.165, 1.54) is 26.6 Å². The summed E-state index contributed by atoms with van der Waals surface area (Å²) in [6.45, 7) is 4.94. The Kier molecular flexibility index (Phi) is 8.68. The minimum Gasteiger partial charge on any atom is -0.494 e. The van der Waals surface area contributed by atoms with Crippen LogP contribution in [0.2, 0.25) is 5.15 Å². The smallest absolute Gasteiger partial charge is 0.295 e. The van der Waals surface area contributed by atoms with Crippen LogP contribution in [0.25, 0.3) is 11.1 Å². The number of anilines is 1. The van der Waals surface area contributed by atoms with Gasteiger partial charge in [-0.3, -0.25) is 15.1 Å². The molecule has 0 radical (unpaired) electrons. The number of rotatable bonds is 5. The van der Waals surface area contributed by atoms with E-state index in [4.69, 9.17) is 30.5 Å². The fraction of sp³-hybridized carbons (Fsp3) is 0.350. The zero-order valence-corrected chi connectivity index (χ0v) is 19.3. The van der Waals surface area contributed by atoms with E-state index in [-0.39, 0.29) is 11.1 Å². The second kappa shape index (κ2) is 11.7. The van der Waals surface area contributed by atoms with Crippen LogP contribution < -0.4 is 14.8 Å². The summed E-state index contributed by atoms with van der Waals surface area (Å²) in [6, 6.07) is 3.42. The Hall–Kier alpha value is -2.86. The molecule has 10 nitrogen and oxygen atoms in total. The molecule has 0 aliphatic carbocycles. The van der Waals surface area contributed by atoms with Crippen molar-refractivity contribution in [3.63, 3.8) is 0 Å². The van der Waals surface area contributed by atoms with Gasteiger partial charge in [-0.1, -0.05) is 16.7 Å². The SMILES string of the molecule is C1COCCO1.COc1nnc(NC(=O)c2cnc(C)cc2-c2cc(Cl)ncc2OC)s1. The van der Waals surface area contributed by atoms with Gasteiger partial charge in [0.2, 0.25) is 5.13 Å². The summed E-state index contributed by atoms with van der Waals surface area (Å²) < 4.78 is 20.2. The second-order valence-corrected chi connectivity index (χ2v) is 7.66. The summed E-state index contributed by atoms with van der Waals surface area (Å²) in [5, 5.41) is 11.3. The molecule has 170 valence electrons. The Bertz CT molecular complexity index is 1050. The number of hydrogen-bond donors (Lipinski definition) is 1. The zero-order valence-electron chi connectivity index (χ0n) is 17.8. The molecule has 1 saturated heterocycles. The summed E-state index contributed by atoms with van der Waals surface area (Å²) in [5.41, 5.74) is 2.33. The molecule has 12 heteroatoms. The lowest BCUT2D eigenvalue weighted by atomic mass is 10.0. The summed E-state index contributed by atoms with van der Waals surface area (Å²) in [5.74, 6) is 0.105. The van der Waals surface area contributed by atoms with E-state index in [0.29, 0.717) is 32.8 Å². The third-order valence-corrected chi connectivity index (χ3v) is 5.18. The van der Waals surface area contributed by atoms with Crippen molar-refractivity contribution in [2.24, 2.45) is 0 Å². The van der Waals surface area contributed by atoms with Gasteiger partial charge in [-0.05, 0) is 30.4 Å². The first-order valence-electron chi connectivity index (χ1n) is 9.52. The van der Waals surface area contributed by atoms with Crippen LogP contribution in [0.4, 0.5) is 5.13 Å². The Morgan fingerprint density at radius 1 is 1.03 bits per heavy atom. The number of hydrogen-bond acceptors (Lipinski definition) is 10. The maximum absolute atomic E-state index is 12.8. The van der Waals surface area contributed by atoms with Crippen molar-refractivity contribution in [1.29, 1.82) is 0 Å². The lowest BCUT2D eigenvalue weighted by molar-refractivity contribution is -0.0334. The van der Waals surface area contributed by atoms with Crippen LogP contribution in [0.15, 0.2) is 24.5 Å². The number of methoxy groups -OCH3 is 2. The van der Waals surface area contributed by atoms with Gasteiger partial charge in [-0.25, -0.2) is 4.98 Å². The monoisotopic (exact) mass is 479 g/mol. The van der Waals surface area contributed by atoms with Crippen molar-refractivity contribution < 1.29 is 23.7 Å². The molecule has 1 amide bonds. The number of ether oxygens (including phenoxy) is 4. The predicted octanol–water partition coefficient (Wildman–Crippen LogP) is 3.26. The quantitative estimate of drug-likeness (QED) is 0.550. The molecular formula is C20H22ClN5O5S. The number of nitrogens with one attached hydrogen (secondary N) is 1. The molecule has 1 aliphatic rings. The molecule has 1 fully saturated rings. The van der Waals surface area contributed by atoms with Gasteiger partial charge in [0, 0.05) is 23.0 Å². The van der Waals surface area contributed by atoms with E-state index in [0.717, 1.165) is 43.5 Å². The first kappa shape index (κ1) is 23.8. The molecule has 0 unspecified atom stereocenters. The molecule has 3 aromatic rings. The van der Waals surface area contributed by atoms with Crippen molar-refractivity contribution in [2.45, 2.75) is 6.92 Å².